The van der Waals surface area contributed by atoms with Crippen molar-refractivity contribution < 1.29 is 29.6 Å². The molecule has 1 aromatic carbocycles. The predicted octanol–water partition coefficient (Wildman–Crippen LogP) is 4.86. The van der Waals surface area contributed by atoms with E-state index < -0.39 is 28.8 Å². The van der Waals surface area contributed by atoms with E-state index in [4.69, 9.17) is 9.47 Å². The lowest BCUT2D eigenvalue weighted by molar-refractivity contribution is -0.194. The lowest BCUT2D eigenvalue weighted by Crippen LogP contribution is -2.63. The van der Waals surface area contributed by atoms with Crippen LogP contribution in [0.15, 0.2) is 42.0 Å². The Morgan fingerprint density at radius 1 is 1.11 bits per heavy atom. The largest absolute Gasteiger partial charge is 0.387 e. The molecule has 3 saturated carbocycles. The lowest BCUT2D eigenvalue weighted by atomic mass is 9.46. The molecule has 0 bridgehead atoms. The molecular formula is C38H57NO6. The summed E-state index contributed by atoms with van der Waals surface area (Å²) in [5, 5.41) is 39.9. The number of aliphatic hydroxyl groups is 3. The van der Waals surface area contributed by atoms with Crippen molar-refractivity contribution in [3.63, 3.8) is 0 Å². The van der Waals surface area contributed by atoms with Gasteiger partial charge in [-0.2, -0.15) is 0 Å². The summed E-state index contributed by atoms with van der Waals surface area (Å²) in [4.78, 5) is 13.9. The van der Waals surface area contributed by atoms with Gasteiger partial charge in [0.15, 0.2) is 5.78 Å². The maximum absolute atomic E-state index is 13.9. The Hall–Kier alpha value is -1.61. The maximum Gasteiger partial charge on any atom is 0.159 e. The van der Waals surface area contributed by atoms with Crippen molar-refractivity contribution in [3.8, 4) is 0 Å². The number of hydrogen-bond donors (Lipinski definition) is 4. The molecule has 45 heavy (non-hydrogen) atoms. The van der Waals surface area contributed by atoms with Crippen molar-refractivity contribution in [3.05, 3.63) is 47.5 Å². The molecule has 0 aromatic heterocycles. The quantitative estimate of drug-likeness (QED) is 0.295. The van der Waals surface area contributed by atoms with Crippen LogP contribution in [0.2, 0.25) is 0 Å². The minimum absolute atomic E-state index is 0.0764. The Bertz CT molecular complexity index is 1250. The van der Waals surface area contributed by atoms with Gasteiger partial charge in [0, 0.05) is 11.3 Å². The van der Waals surface area contributed by atoms with Gasteiger partial charge in [-0.3, -0.25) is 4.79 Å². The summed E-state index contributed by atoms with van der Waals surface area (Å²) in [6, 6.07) is 10.4. The van der Waals surface area contributed by atoms with Crippen LogP contribution in [-0.4, -0.2) is 77.4 Å². The van der Waals surface area contributed by atoms with Crippen LogP contribution in [0.3, 0.4) is 0 Å². The summed E-state index contributed by atoms with van der Waals surface area (Å²) in [7, 11) is 1.93. The van der Waals surface area contributed by atoms with Gasteiger partial charge >= 0.3 is 0 Å². The summed E-state index contributed by atoms with van der Waals surface area (Å²) in [5.41, 5.74) is -1.36. The van der Waals surface area contributed by atoms with E-state index in [1.807, 2.05) is 13.1 Å². The highest BCUT2D eigenvalue weighted by Gasteiger charge is 2.69. The van der Waals surface area contributed by atoms with Gasteiger partial charge in [-0.25, -0.2) is 0 Å². The zero-order chi connectivity index (χ0) is 32.2. The third kappa shape index (κ3) is 5.47. The molecule has 5 aliphatic rings. The molecule has 0 radical (unpaired) electrons. The van der Waals surface area contributed by atoms with Gasteiger partial charge in [-0.05, 0) is 125 Å². The molecule has 0 amide bonds. The van der Waals surface area contributed by atoms with Crippen molar-refractivity contribution in [2.45, 2.75) is 115 Å². The van der Waals surface area contributed by atoms with Crippen molar-refractivity contribution >= 4 is 5.78 Å². The molecule has 1 aliphatic heterocycles. The Morgan fingerprint density at radius 2 is 1.87 bits per heavy atom. The number of carbonyl (C=O) groups is 1. The Labute approximate surface area is 270 Å². The molecule has 7 nitrogen and oxygen atoms in total. The van der Waals surface area contributed by atoms with Gasteiger partial charge in [-0.1, -0.05) is 51.1 Å². The highest BCUT2D eigenvalue weighted by Crippen LogP contribution is 2.68. The van der Waals surface area contributed by atoms with E-state index in [2.05, 4.69) is 50.4 Å². The van der Waals surface area contributed by atoms with Gasteiger partial charge in [0.25, 0.3) is 0 Å². The molecule has 12 atom stereocenters. The van der Waals surface area contributed by atoms with E-state index in [1.165, 1.54) is 5.56 Å². The number of rotatable bonds is 10. The third-order valence-electron chi connectivity index (χ3n) is 13.7. The van der Waals surface area contributed by atoms with Crippen molar-refractivity contribution in [2.75, 3.05) is 26.8 Å². The van der Waals surface area contributed by atoms with E-state index in [0.29, 0.717) is 32.0 Å². The number of hydrogen-bond acceptors (Lipinski definition) is 7. The molecule has 1 aromatic rings. The second-order valence-corrected chi connectivity index (χ2v) is 16.0. The standard InChI is InChI=1S/C38H57NO6/c1-24-23-45-33(27(24)14-19-39-5)34(41)37(4,42)32-13-18-38(43)29-22-31(40)30-21-26(44-20-15-25-9-7-6-8-10-25)11-16-35(30,2)28(29)12-17-36(32,38)3/h6-10,22,24,26-28,30,32-34,39,41-43H,11-21,23H2,1-5H3/t24-,26-,27+,28-,30-,32-,33-,34+,35+,36+,37-,38+/m0/s1. The number of ether oxygens (including phenoxy) is 2. The van der Waals surface area contributed by atoms with Crippen LogP contribution in [0, 0.1) is 40.4 Å². The minimum Gasteiger partial charge on any atom is -0.387 e. The van der Waals surface area contributed by atoms with E-state index in [-0.39, 0.29) is 41.0 Å². The molecule has 1 heterocycles. The summed E-state index contributed by atoms with van der Waals surface area (Å²) < 4.78 is 12.5. The summed E-state index contributed by atoms with van der Waals surface area (Å²) >= 11 is 0. The second kappa shape index (κ2) is 12.4. The van der Waals surface area contributed by atoms with Gasteiger partial charge in [0.1, 0.15) is 6.10 Å². The zero-order valence-corrected chi connectivity index (χ0v) is 28.1. The Balaban J connectivity index is 1.19. The van der Waals surface area contributed by atoms with Crippen molar-refractivity contribution in [2.24, 2.45) is 40.4 Å². The van der Waals surface area contributed by atoms with Gasteiger partial charge in [0.05, 0.1) is 36.6 Å². The monoisotopic (exact) mass is 623 g/mol. The number of aliphatic hydroxyl groups excluding tert-OH is 1. The smallest absolute Gasteiger partial charge is 0.159 e. The van der Waals surface area contributed by atoms with E-state index in [0.717, 1.165) is 57.1 Å². The fourth-order valence-corrected chi connectivity index (χ4v) is 10.8. The predicted molar refractivity (Wildman–Crippen MR) is 174 cm³/mol. The number of fused-ring (bicyclic) bond motifs is 5. The fourth-order valence-electron chi connectivity index (χ4n) is 10.8. The van der Waals surface area contributed by atoms with Gasteiger partial charge < -0.3 is 30.1 Å². The van der Waals surface area contributed by atoms with Crippen LogP contribution in [0.5, 0.6) is 0 Å². The SMILES string of the molecule is CNCC[C@H]1[C@@H]([C@@H](O)[C@@](C)(O)[C@H]2CC[C@@]3(O)C4=CC(=O)[C@@H]5C[C@@H](OCCc6ccccc6)CC[C@]5(C)[C@H]4CC[C@]23C)OC[C@@H]1C. The molecule has 250 valence electrons. The highest BCUT2D eigenvalue weighted by molar-refractivity contribution is 5.95. The van der Waals surface area contributed by atoms with E-state index in [9.17, 15) is 20.1 Å². The van der Waals surface area contributed by atoms with Crippen LogP contribution < -0.4 is 5.32 Å². The average molecular weight is 624 g/mol. The van der Waals surface area contributed by atoms with Crippen LogP contribution >= 0.6 is 0 Å². The first kappa shape index (κ1) is 33.3. The van der Waals surface area contributed by atoms with Crippen molar-refractivity contribution in [1.82, 2.24) is 5.32 Å². The first-order valence-electron chi connectivity index (χ1n) is 17.7. The molecule has 6 rings (SSSR count). The van der Waals surface area contributed by atoms with Crippen LogP contribution in [-0.2, 0) is 20.7 Å². The van der Waals surface area contributed by atoms with Crippen molar-refractivity contribution in [1.29, 1.82) is 0 Å². The lowest BCUT2D eigenvalue weighted by Gasteiger charge is -2.60. The molecule has 4 fully saturated rings. The van der Waals surface area contributed by atoms with E-state index >= 15 is 0 Å². The number of benzene rings is 1. The normalized spacial score (nSPS) is 43.2. The van der Waals surface area contributed by atoms with E-state index in [1.54, 1.807) is 13.0 Å². The average Bonchev–Trinajstić information content (AvgIpc) is 3.53. The first-order chi connectivity index (χ1) is 21.4. The van der Waals surface area contributed by atoms with Crippen LogP contribution in [0.25, 0.3) is 0 Å². The number of allylic oxidation sites excluding steroid dienone is 1. The number of nitrogens with one attached hydrogen (secondary N) is 1. The minimum atomic E-state index is -1.44. The topological polar surface area (TPSA) is 108 Å². The molecule has 4 N–H and O–H groups in total. The second-order valence-electron chi connectivity index (χ2n) is 16.0. The molecule has 0 unspecified atom stereocenters. The Morgan fingerprint density at radius 3 is 2.60 bits per heavy atom. The highest BCUT2D eigenvalue weighted by atomic mass is 16.5. The number of carbonyl (C=O) groups excluding carboxylic acids is 1. The molecule has 7 heteroatoms. The molecule has 0 spiro atoms. The van der Waals surface area contributed by atoms with Crippen LogP contribution in [0.4, 0.5) is 0 Å². The first-order valence-corrected chi connectivity index (χ1v) is 17.7. The third-order valence-corrected chi connectivity index (χ3v) is 13.7. The fraction of sp³-hybridized carbons (Fsp3) is 0.763. The summed E-state index contributed by atoms with van der Waals surface area (Å²) in [6.07, 6.45) is 7.36. The molecule has 4 aliphatic carbocycles. The zero-order valence-electron chi connectivity index (χ0n) is 28.1. The maximum atomic E-state index is 13.9. The summed E-state index contributed by atoms with van der Waals surface area (Å²) in [5.74, 6) is 0.266. The van der Waals surface area contributed by atoms with Gasteiger partial charge in [-0.15, -0.1) is 0 Å². The molecular weight excluding hydrogens is 566 g/mol. The summed E-state index contributed by atoms with van der Waals surface area (Å²) in [6.45, 7) is 10.3. The molecule has 1 saturated heterocycles. The van der Waals surface area contributed by atoms with Gasteiger partial charge in [0.2, 0.25) is 0 Å². The number of ketones is 1. The Kier molecular flexibility index (Phi) is 9.21. The van der Waals surface area contributed by atoms with Crippen LogP contribution in [0.1, 0.15) is 84.6 Å².